The average molecular weight is 848 g/mol. The van der Waals surface area contributed by atoms with Gasteiger partial charge in [-0.1, -0.05) is 51.4 Å². The van der Waals surface area contributed by atoms with Gasteiger partial charge in [-0.25, -0.2) is 0 Å². The largest absolute Gasteiger partial charge is 0.371 e. The first-order valence-corrected chi connectivity index (χ1v) is 22.3. The fourth-order valence-electron chi connectivity index (χ4n) is 13.8. The summed E-state index contributed by atoms with van der Waals surface area (Å²) in [6, 6.07) is 0. The van der Waals surface area contributed by atoms with Gasteiger partial charge in [0.15, 0.2) is 12.2 Å². The minimum atomic E-state index is -0.943. The van der Waals surface area contributed by atoms with Crippen molar-refractivity contribution in [1.82, 2.24) is 42.5 Å². The molecule has 323 valence electrons. The first kappa shape index (κ1) is 40.9. The molecule has 11 fully saturated rings. The molecule has 0 spiro atoms. The summed E-state index contributed by atoms with van der Waals surface area (Å²) < 4.78 is 10.2. The minimum Gasteiger partial charge on any atom is -0.371 e. The Balaban J connectivity index is 0.000000210. The maximum absolute atomic E-state index is 10.1. The van der Waals surface area contributed by atoms with Gasteiger partial charge in [-0.2, -0.15) is 0 Å². The quantitative estimate of drug-likeness (QED) is 0.149. The molecule has 18 nitrogen and oxygen atoms in total. The van der Waals surface area contributed by atoms with E-state index in [4.69, 9.17) is 9.47 Å². The smallest absolute Gasteiger partial charge is 0.294 e. The summed E-state index contributed by atoms with van der Waals surface area (Å²) in [5.74, 6) is 5.97. The molecule has 4 aliphatic carbocycles. The second-order valence-corrected chi connectivity index (χ2v) is 18.9. The minimum absolute atomic E-state index is 0. The molecular weight excluding hydrogens is 783 g/mol. The van der Waals surface area contributed by atoms with Crippen molar-refractivity contribution in [2.24, 2.45) is 47.3 Å². The molecule has 0 amide bonds. The third-order valence-electron chi connectivity index (χ3n) is 16.2. The number of nitrogens with zero attached hydrogens (tertiary/aromatic N) is 2. The van der Waals surface area contributed by atoms with Crippen molar-refractivity contribution >= 4 is 0 Å². The van der Waals surface area contributed by atoms with Crippen molar-refractivity contribution in [3.8, 4) is 0 Å². The number of ether oxygens (including phenoxy) is 2. The number of nitrogens with one attached hydrogen (secondary N) is 8. The Morgan fingerprint density at radius 3 is 0.754 bits per heavy atom. The van der Waals surface area contributed by atoms with E-state index >= 15 is 0 Å². The molecule has 0 aromatic carbocycles. The topological polar surface area (TPSA) is 219 Å². The molecule has 8 bridgehead atoms. The molecule has 11 aliphatic rings. The maximum atomic E-state index is 10.1. The van der Waals surface area contributed by atoms with Gasteiger partial charge in [0.05, 0.1) is 62.5 Å². The van der Waals surface area contributed by atoms with Gasteiger partial charge >= 0.3 is 0 Å². The standard InChI is InChI=1S/C32H56N8.C6H8N2O8.Co/c1-2-10-18-17(9-1)25-33-26(18)38-28-21-13-5-6-14-22(21)30(35-28)40-32-24-16-8-7-15-23(24)31(36-32)39-29-20-12-4-3-11-19(20)27(34-29)37-25;9-7(10)15-3-1-13-6-4(16-8(11)12)2-14-5(3)6;/h17-40H,1-16H2;3-6H,1-2H2;/t;3-,4+,5-,6-;/m.1./s1. The molecule has 0 aromatic rings. The Labute approximate surface area is 345 Å². The predicted octanol–water partition coefficient (Wildman–Crippen LogP) is 1.54. The van der Waals surface area contributed by atoms with Crippen molar-refractivity contribution in [3.05, 3.63) is 20.2 Å². The zero-order valence-corrected chi connectivity index (χ0v) is 33.8. The molecule has 7 saturated heterocycles. The average Bonchev–Trinajstić information content (AvgIpc) is 4.05. The maximum Gasteiger partial charge on any atom is 0.294 e. The second-order valence-electron chi connectivity index (χ2n) is 18.9. The third kappa shape index (κ3) is 8.06. The number of rotatable bonds is 4. The van der Waals surface area contributed by atoms with Crippen LogP contribution in [0.5, 0.6) is 0 Å². The third-order valence-corrected chi connectivity index (χ3v) is 16.2. The molecule has 19 heteroatoms. The van der Waals surface area contributed by atoms with Gasteiger partial charge in [-0.05, 0) is 98.7 Å². The van der Waals surface area contributed by atoms with E-state index < -0.39 is 34.6 Å². The summed E-state index contributed by atoms with van der Waals surface area (Å²) in [4.78, 5) is 28.9. The van der Waals surface area contributed by atoms with Crippen LogP contribution in [0.1, 0.15) is 103 Å². The molecule has 12 atom stereocenters. The normalized spacial score (nSPS) is 50.7. The van der Waals surface area contributed by atoms with E-state index in [2.05, 4.69) is 52.2 Å². The van der Waals surface area contributed by atoms with Crippen LogP contribution in [0.2, 0.25) is 0 Å². The van der Waals surface area contributed by atoms with Crippen LogP contribution in [0.25, 0.3) is 0 Å². The Morgan fingerprint density at radius 2 is 0.579 bits per heavy atom. The molecule has 0 aromatic heterocycles. The number of fused-ring (bicyclic) bond motifs is 21. The molecule has 8 N–H and O–H groups in total. The van der Waals surface area contributed by atoms with Crippen LogP contribution in [0.4, 0.5) is 0 Å². The fraction of sp³-hybridized carbons (Fsp3) is 1.00. The van der Waals surface area contributed by atoms with Gasteiger partial charge in [-0.15, -0.1) is 20.2 Å². The fourth-order valence-corrected chi connectivity index (χ4v) is 13.8. The summed E-state index contributed by atoms with van der Waals surface area (Å²) in [5, 5.41) is 52.2. The van der Waals surface area contributed by atoms with Gasteiger partial charge in [0, 0.05) is 16.8 Å². The zero-order valence-electron chi connectivity index (χ0n) is 32.8. The number of hydrogen-bond donors (Lipinski definition) is 8. The first-order chi connectivity index (χ1) is 27.4. The molecule has 4 saturated carbocycles. The second kappa shape index (κ2) is 17.5. The van der Waals surface area contributed by atoms with Gasteiger partial charge in [0.2, 0.25) is 0 Å². The Bertz CT molecular complexity index is 1190. The van der Waals surface area contributed by atoms with Crippen LogP contribution < -0.4 is 42.5 Å². The Hall–Kier alpha value is -1.49. The Kier molecular flexibility index (Phi) is 12.5. The van der Waals surface area contributed by atoms with Crippen LogP contribution in [-0.4, -0.2) is 97.1 Å². The SMILES string of the molecule is C1CCC2C3NC(NC4NC(NC5NC(NC6NC(N3)C3CCCCC63)C3CCCCC53)C3CCCCC43)C2C1.O=[N+]([O-])O[C@H]1CO[C@H]2[C@@H]1OC[C@H]2O[N+](=O)[O-].[Co]. The molecular formula is C38H64CoN10O8. The molecule has 57 heavy (non-hydrogen) atoms. The number of hydrogen-bond acceptors (Lipinski definition) is 16. The van der Waals surface area contributed by atoms with E-state index in [0.29, 0.717) is 49.3 Å². The first-order valence-electron chi connectivity index (χ1n) is 22.3. The van der Waals surface area contributed by atoms with Crippen LogP contribution in [0.3, 0.4) is 0 Å². The molecule has 1 radical (unpaired) electrons. The molecule has 7 aliphatic heterocycles. The van der Waals surface area contributed by atoms with E-state index in [1.807, 2.05) is 0 Å². The predicted molar refractivity (Wildman–Crippen MR) is 200 cm³/mol. The van der Waals surface area contributed by atoms with Gasteiger partial charge in [0.25, 0.3) is 10.2 Å². The van der Waals surface area contributed by atoms with E-state index in [-0.39, 0.29) is 30.0 Å². The van der Waals surface area contributed by atoms with Crippen LogP contribution in [0.15, 0.2) is 0 Å². The van der Waals surface area contributed by atoms with Crippen molar-refractivity contribution in [3.63, 3.8) is 0 Å². The van der Waals surface area contributed by atoms with E-state index in [1.165, 1.54) is 103 Å². The van der Waals surface area contributed by atoms with E-state index in [0.717, 1.165) is 47.3 Å². The molecule has 11 rings (SSSR count). The monoisotopic (exact) mass is 847 g/mol. The van der Waals surface area contributed by atoms with Crippen LogP contribution in [0, 0.1) is 67.6 Å². The van der Waals surface area contributed by atoms with Crippen LogP contribution in [-0.2, 0) is 35.9 Å². The van der Waals surface area contributed by atoms with Gasteiger partial charge < -0.3 is 19.1 Å². The summed E-state index contributed by atoms with van der Waals surface area (Å²) in [6.45, 7) is -0.0955. The summed E-state index contributed by atoms with van der Waals surface area (Å²) >= 11 is 0. The summed E-state index contributed by atoms with van der Waals surface area (Å²) in [5.41, 5.74) is 0. The molecule has 8 unspecified atom stereocenters. The Morgan fingerprint density at radius 1 is 0.386 bits per heavy atom. The van der Waals surface area contributed by atoms with Crippen molar-refractivity contribution in [1.29, 1.82) is 0 Å². The van der Waals surface area contributed by atoms with Crippen molar-refractivity contribution in [2.75, 3.05) is 13.2 Å². The van der Waals surface area contributed by atoms with Gasteiger partial charge in [0.1, 0.15) is 12.2 Å². The van der Waals surface area contributed by atoms with Crippen molar-refractivity contribution < 1.29 is 46.1 Å². The summed E-state index contributed by atoms with van der Waals surface area (Å²) in [7, 11) is 0. The van der Waals surface area contributed by atoms with E-state index in [1.54, 1.807) is 0 Å². The molecule has 7 heterocycles. The van der Waals surface area contributed by atoms with Gasteiger partial charge in [-0.3, -0.25) is 42.5 Å². The van der Waals surface area contributed by atoms with Crippen LogP contribution >= 0.6 is 0 Å². The van der Waals surface area contributed by atoms with Crippen molar-refractivity contribution in [2.45, 2.75) is 176 Å². The zero-order chi connectivity index (χ0) is 37.9. The van der Waals surface area contributed by atoms with E-state index in [9.17, 15) is 20.2 Å². The summed E-state index contributed by atoms with van der Waals surface area (Å²) in [6.07, 6.45) is 22.5.